The second kappa shape index (κ2) is 7.75. The molecule has 0 aliphatic carbocycles. The predicted molar refractivity (Wildman–Crippen MR) is 111 cm³/mol. The summed E-state index contributed by atoms with van der Waals surface area (Å²) in [6.45, 7) is 2.54. The third-order valence-electron chi connectivity index (χ3n) is 4.99. The molecule has 160 valence electrons. The van der Waals surface area contributed by atoms with Crippen LogP contribution in [0.3, 0.4) is 0 Å². The molecule has 5 rings (SSSR count). The van der Waals surface area contributed by atoms with Gasteiger partial charge in [0.15, 0.2) is 11.5 Å². The SMILES string of the molecule is O=C1NC(=O)N(c2ccc3c(c2)OCO3)C(=O)/C1=C/c1cc(Br)c(N2CCOCC2)o1. The molecule has 10 nitrogen and oxygen atoms in total. The lowest BCUT2D eigenvalue weighted by Gasteiger charge is -2.27. The molecule has 0 bridgehead atoms. The molecule has 0 spiro atoms. The van der Waals surface area contributed by atoms with E-state index in [1.165, 1.54) is 12.1 Å². The van der Waals surface area contributed by atoms with Gasteiger partial charge in [0.05, 0.1) is 23.4 Å². The Hall–Kier alpha value is -3.31. The number of nitrogens with one attached hydrogen (secondary N) is 1. The van der Waals surface area contributed by atoms with E-state index in [0.29, 0.717) is 53.9 Å². The Morgan fingerprint density at radius 1 is 1.03 bits per heavy atom. The summed E-state index contributed by atoms with van der Waals surface area (Å²) in [4.78, 5) is 40.7. The van der Waals surface area contributed by atoms with E-state index in [-0.39, 0.29) is 18.1 Å². The zero-order valence-electron chi connectivity index (χ0n) is 16.1. The molecule has 2 aromatic rings. The van der Waals surface area contributed by atoms with E-state index < -0.39 is 17.8 Å². The van der Waals surface area contributed by atoms with Crippen molar-refractivity contribution in [3.63, 3.8) is 0 Å². The molecule has 1 N–H and O–H groups in total. The second-order valence-corrected chi connectivity index (χ2v) is 7.75. The van der Waals surface area contributed by atoms with Crippen molar-refractivity contribution in [2.45, 2.75) is 0 Å². The maximum Gasteiger partial charge on any atom is 0.335 e. The molecule has 0 unspecified atom stereocenters. The van der Waals surface area contributed by atoms with Gasteiger partial charge < -0.3 is 23.5 Å². The van der Waals surface area contributed by atoms with E-state index in [1.54, 1.807) is 18.2 Å². The van der Waals surface area contributed by atoms with Crippen molar-refractivity contribution < 1.29 is 33.0 Å². The fraction of sp³-hybridized carbons (Fsp3) is 0.250. The van der Waals surface area contributed by atoms with Crippen LogP contribution >= 0.6 is 15.9 Å². The number of nitrogens with zero attached hydrogens (tertiary/aromatic N) is 2. The number of morpholine rings is 1. The minimum absolute atomic E-state index is 0.0570. The lowest BCUT2D eigenvalue weighted by atomic mass is 10.1. The van der Waals surface area contributed by atoms with Crippen LogP contribution in [0.2, 0.25) is 0 Å². The van der Waals surface area contributed by atoms with Gasteiger partial charge in [-0.1, -0.05) is 0 Å². The Kier molecular flexibility index (Phi) is 4.91. The van der Waals surface area contributed by atoms with Crippen LogP contribution < -0.4 is 24.6 Å². The number of anilines is 2. The van der Waals surface area contributed by atoms with Gasteiger partial charge in [0, 0.05) is 25.2 Å². The molecule has 0 saturated carbocycles. The molecular weight excluding hydrogens is 474 g/mol. The van der Waals surface area contributed by atoms with E-state index in [1.807, 2.05) is 4.90 Å². The van der Waals surface area contributed by atoms with E-state index in [2.05, 4.69) is 21.2 Å². The highest BCUT2D eigenvalue weighted by Gasteiger charge is 2.38. The monoisotopic (exact) mass is 489 g/mol. The van der Waals surface area contributed by atoms with Gasteiger partial charge >= 0.3 is 6.03 Å². The molecule has 2 fully saturated rings. The smallest absolute Gasteiger partial charge is 0.335 e. The molecule has 0 atom stereocenters. The first kappa shape index (κ1) is 19.6. The van der Waals surface area contributed by atoms with Crippen LogP contribution in [0.25, 0.3) is 6.08 Å². The summed E-state index contributed by atoms with van der Waals surface area (Å²) in [5, 5.41) is 2.19. The maximum absolute atomic E-state index is 13.1. The molecule has 3 aliphatic rings. The van der Waals surface area contributed by atoms with Gasteiger partial charge in [0.1, 0.15) is 11.3 Å². The van der Waals surface area contributed by atoms with Crippen molar-refractivity contribution in [3.05, 3.63) is 40.1 Å². The van der Waals surface area contributed by atoms with E-state index in [4.69, 9.17) is 18.6 Å². The summed E-state index contributed by atoms with van der Waals surface area (Å²) in [6, 6.07) is 5.46. The van der Waals surface area contributed by atoms with Gasteiger partial charge in [-0.2, -0.15) is 0 Å². The summed E-state index contributed by atoms with van der Waals surface area (Å²) >= 11 is 3.45. The van der Waals surface area contributed by atoms with E-state index in [9.17, 15) is 14.4 Å². The Bertz CT molecular complexity index is 1120. The van der Waals surface area contributed by atoms with Crippen LogP contribution in [-0.4, -0.2) is 50.9 Å². The molecule has 3 aliphatic heterocycles. The number of halogens is 1. The summed E-state index contributed by atoms with van der Waals surface area (Å²) < 4.78 is 22.5. The number of carbonyl (C=O) groups excluding carboxylic acids is 3. The number of rotatable bonds is 3. The number of furan rings is 1. The molecule has 31 heavy (non-hydrogen) atoms. The summed E-state index contributed by atoms with van der Waals surface area (Å²) in [5.41, 5.74) is 0.0202. The number of carbonyl (C=O) groups is 3. The number of ether oxygens (including phenoxy) is 3. The number of amides is 4. The minimum Gasteiger partial charge on any atom is -0.454 e. The lowest BCUT2D eigenvalue weighted by molar-refractivity contribution is -0.122. The Balaban J connectivity index is 1.46. The van der Waals surface area contributed by atoms with Crippen LogP contribution in [0.4, 0.5) is 16.4 Å². The van der Waals surface area contributed by atoms with Crippen molar-refractivity contribution in [1.82, 2.24) is 5.32 Å². The van der Waals surface area contributed by atoms with Gasteiger partial charge in [-0.05, 0) is 34.1 Å². The Labute approximate surface area is 184 Å². The van der Waals surface area contributed by atoms with Gasteiger partial charge in [0.2, 0.25) is 12.7 Å². The lowest BCUT2D eigenvalue weighted by Crippen LogP contribution is -2.54. The normalized spacial score (nSPS) is 19.9. The average molecular weight is 490 g/mol. The maximum atomic E-state index is 13.1. The summed E-state index contributed by atoms with van der Waals surface area (Å²) in [7, 11) is 0. The standard InChI is InChI=1S/C20H16BrN3O7/c21-14-9-12(31-19(14)23-3-5-28-6-4-23)8-13-17(25)22-20(27)24(18(13)26)11-1-2-15-16(7-11)30-10-29-15/h1-2,7-9H,3-6,10H2,(H,22,25,27)/b13-8+. The third-order valence-corrected chi connectivity index (χ3v) is 5.56. The van der Waals surface area contributed by atoms with Crippen molar-refractivity contribution in [2.24, 2.45) is 0 Å². The molecule has 11 heteroatoms. The first-order valence-electron chi connectivity index (χ1n) is 9.44. The molecule has 1 aromatic carbocycles. The first-order valence-corrected chi connectivity index (χ1v) is 10.2. The quantitative estimate of drug-likeness (QED) is 0.516. The van der Waals surface area contributed by atoms with E-state index >= 15 is 0 Å². The summed E-state index contributed by atoms with van der Waals surface area (Å²) in [6.07, 6.45) is 1.32. The van der Waals surface area contributed by atoms with Crippen molar-refractivity contribution in [3.8, 4) is 11.5 Å². The Morgan fingerprint density at radius 2 is 1.81 bits per heavy atom. The zero-order valence-corrected chi connectivity index (χ0v) is 17.6. The Morgan fingerprint density at radius 3 is 2.61 bits per heavy atom. The van der Waals surface area contributed by atoms with Crippen LogP contribution in [0.1, 0.15) is 5.76 Å². The van der Waals surface area contributed by atoms with Crippen LogP contribution in [0, 0.1) is 0 Å². The topological polar surface area (TPSA) is 111 Å². The summed E-state index contributed by atoms with van der Waals surface area (Å²) in [5.74, 6) is 0.233. The largest absolute Gasteiger partial charge is 0.454 e. The highest BCUT2D eigenvalue weighted by molar-refractivity contribution is 9.10. The second-order valence-electron chi connectivity index (χ2n) is 6.90. The van der Waals surface area contributed by atoms with E-state index in [0.717, 1.165) is 4.90 Å². The van der Waals surface area contributed by atoms with Crippen LogP contribution in [0.15, 0.2) is 38.7 Å². The molecular formula is C20H16BrN3O7. The third kappa shape index (κ3) is 3.55. The molecule has 2 saturated heterocycles. The minimum atomic E-state index is -0.847. The van der Waals surface area contributed by atoms with Gasteiger partial charge in [-0.15, -0.1) is 0 Å². The number of imide groups is 2. The molecule has 4 heterocycles. The van der Waals surface area contributed by atoms with Crippen molar-refractivity contribution >= 4 is 51.4 Å². The number of hydrogen-bond donors (Lipinski definition) is 1. The predicted octanol–water partition coefficient (Wildman–Crippen LogP) is 2.27. The average Bonchev–Trinajstić information content (AvgIpc) is 3.37. The number of hydrogen-bond acceptors (Lipinski definition) is 8. The first-order chi connectivity index (χ1) is 15.0. The van der Waals surface area contributed by atoms with Gasteiger partial charge in [-0.25, -0.2) is 9.69 Å². The van der Waals surface area contributed by atoms with Crippen LogP contribution in [-0.2, 0) is 14.3 Å². The number of barbiturate groups is 1. The number of urea groups is 1. The number of fused-ring (bicyclic) bond motifs is 1. The highest BCUT2D eigenvalue weighted by Crippen LogP contribution is 2.37. The van der Waals surface area contributed by atoms with Crippen molar-refractivity contribution in [2.75, 3.05) is 42.9 Å². The van der Waals surface area contributed by atoms with Gasteiger partial charge in [0.25, 0.3) is 11.8 Å². The molecule has 0 radical (unpaired) electrons. The van der Waals surface area contributed by atoms with Crippen LogP contribution in [0.5, 0.6) is 11.5 Å². The zero-order chi connectivity index (χ0) is 21.5. The number of benzene rings is 1. The van der Waals surface area contributed by atoms with Gasteiger partial charge in [-0.3, -0.25) is 14.9 Å². The fourth-order valence-corrected chi connectivity index (χ4v) is 4.05. The molecule has 1 aromatic heterocycles. The molecule has 4 amide bonds. The highest BCUT2D eigenvalue weighted by atomic mass is 79.9. The van der Waals surface area contributed by atoms with Crippen molar-refractivity contribution in [1.29, 1.82) is 0 Å². The fourth-order valence-electron chi connectivity index (χ4n) is 3.49.